The third-order valence-electron chi connectivity index (χ3n) is 10.0. The number of halogens is 20. The summed E-state index contributed by atoms with van der Waals surface area (Å²) in [6.07, 6.45) is 0. The molecule has 0 aliphatic carbocycles. The van der Waals surface area contributed by atoms with Crippen molar-refractivity contribution >= 4 is 581 Å². The average molecular weight is 3140 g/mol. The molecule has 0 fully saturated rings. The first-order valence-corrected chi connectivity index (χ1v) is 44.5. The Hall–Kier alpha value is 14.4. The molecule has 0 radical (unpaired) electrons. The summed E-state index contributed by atoms with van der Waals surface area (Å²) in [7, 11) is 7.70. The Bertz CT molecular complexity index is 1390. The third-order valence-corrected chi connectivity index (χ3v) is 61.4. The van der Waals surface area contributed by atoms with Gasteiger partial charge in [0, 0.05) is 27.3 Å². The third kappa shape index (κ3) is 26.5. The van der Waals surface area contributed by atoms with E-state index in [0.717, 1.165) is 0 Å². The molecule has 0 aliphatic rings. The molecule has 0 aromatic carbocycles. The molecular weight excluding hydrogens is 3110 g/mol. The molecule has 0 spiro atoms. The van der Waals surface area contributed by atoms with Crippen LogP contribution >= 0.6 is 447 Å². The molecule has 11 nitrogen and oxygen atoms in total. The van der Waals surface area contributed by atoms with Crippen molar-refractivity contribution in [3.63, 3.8) is 0 Å². The fourth-order valence-electron chi connectivity index (χ4n) is 6.25. The summed E-state index contributed by atoms with van der Waals surface area (Å²) in [5.41, 5.74) is 0. The Balaban J connectivity index is 6.91. The number of carbonyl (C=O) groups excluding carboxylic acids is 3. The minimum absolute atomic E-state index is 0.0119. The summed E-state index contributed by atoms with van der Waals surface area (Å²) in [5, 5.41) is 30.8. The monoisotopic (exact) mass is 3140 g/mol. The van der Waals surface area contributed by atoms with Crippen LogP contribution in [0.25, 0.3) is 0 Å². The summed E-state index contributed by atoms with van der Waals surface area (Å²) < 4.78 is 15.2. The van der Waals surface area contributed by atoms with Crippen LogP contribution in [0.3, 0.4) is 0 Å². The second kappa shape index (κ2) is 43.9. The lowest BCUT2D eigenvalue weighted by Gasteiger charge is -2.38. The highest BCUT2D eigenvalue weighted by Crippen LogP contribution is 2.34. The van der Waals surface area contributed by atoms with Gasteiger partial charge in [-0.1, -0.05) is 0 Å². The molecule has 0 heterocycles. The van der Waals surface area contributed by atoms with Gasteiger partial charge in [-0.05, 0) is 0 Å². The predicted octanol–water partition coefficient (Wildman–Crippen LogP) is 4.08. The first-order valence-electron chi connectivity index (χ1n) is 19.5. The number of methoxy groups -OCH3 is 2. The van der Waals surface area contributed by atoms with Gasteiger partial charge in [0.05, 0.1) is 28.7 Å². The lowest BCUT2D eigenvalue weighted by molar-refractivity contribution is -0.130. The maximum atomic E-state index is 13.9. The zero-order chi connectivity index (χ0) is 52.5. The van der Waals surface area contributed by atoms with Gasteiger partial charge in [-0.15, -0.1) is 44.7 Å². The van der Waals surface area contributed by atoms with Crippen molar-refractivity contribution in [2.75, 3.05) is 60.3 Å². The molecule has 0 aliphatic heterocycles. The molecule has 0 saturated heterocycles. The van der Waals surface area contributed by atoms with E-state index in [0.29, 0.717) is 43.7 Å². The second-order valence-corrected chi connectivity index (χ2v) is 44.1. The first-order chi connectivity index (χ1) is 31.0. The summed E-state index contributed by atoms with van der Waals surface area (Å²) in [5.74, 6) is -0.917. The summed E-state index contributed by atoms with van der Waals surface area (Å²) in [6, 6.07) is 0. The fourth-order valence-corrected chi connectivity index (χ4v) is 36.0. The largest absolute Gasteiger partial charge is 0.423 e. The van der Waals surface area contributed by atoms with Gasteiger partial charge in [0.25, 0.3) is 9.19 Å². The minimum Gasteiger partial charge on any atom is -0.423 e. The smallest absolute Gasteiger partial charge is 0.284 e. The molecule has 0 unspecified atom stereocenters. The lowest BCUT2D eigenvalue weighted by atomic mass is 8.82. The van der Waals surface area contributed by atoms with Crippen molar-refractivity contribution in [3.05, 3.63) is 0 Å². The maximum Gasteiger partial charge on any atom is 0.284 e. The van der Waals surface area contributed by atoms with Crippen molar-refractivity contribution in [1.82, 2.24) is 14.3 Å². The summed E-state index contributed by atoms with van der Waals surface area (Å²) >= 11 is 50.5. The van der Waals surface area contributed by atoms with E-state index in [1.165, 1.54) is 0 Å². The molecule has 0 aromatic rings. The average Bonchev–Trinajstić information content (AvgIpc) is 3.31. The van der Waals surface area contributed by atoms with Crippen molar-refractivity contribution in [3.8, 4) is 0 Å². The number of carbonyl (C=O) groups is 3. The summed E-state index contributed by atoms with van der Waals surface area (Å²) in [6.45, 7) is -0.596. The van der Waals surface area contributed by atoms with Crippen molar-refractivity contribution in [2.45, 2.75) is 0 Å². The minimum atomic E-state index is -0.597. The highest BCUT2D eigenvalue weighted by molar-refractivity contribution is 14.2. The Morgan fingerprint density at radius 3 is 0.836 bits per heavy atom. The van der Waals surface area contributed by atoms with Gasteiger partial charge in [0.1, 0.15) is 19.8 Å². The van der Waals surface area contributed by atoms with E-state index in [9.17, 15) is 29.7 Å². The van der Waals surface area contributed by atoms with E-state index >= 15 is 0 Å². The molecule has 3 amide bonds. The number of nitrogens with zero attached hydrogens (tertiary/aromatic N) is 3. The van der Waals surface area contributed by atoms with Gasteiger partial charge in [0.15, 0.2) is 69.6 Å². The number of hydrogen-bond donors (Lipinski definition) is 3. The Morgan fingerprint density at radius 2 is 0.612 bits per heavy atom. The van der Waals surface area contributed by atoms with Crippen LogP contribution in [0.5, 0.6) is 0 Å². The van der Waals surface area contributed by atoms with Crippen molar-refractivity contribution in [2.24, 2.45) is 0 Å². The SMILES string of the molecule is BB(I)B(I)B(I)B(I)B(B(I)B(I)B(I)B(I)B(I)B(I)N(B(I)B(I)B(I)B(I)B(I)B(I)B(B(I)B(I)B(I)B(B)I)N(CCOC)C(=O)CO)C(=O)CO)N(CCOC)C(=O)CO. The molecule has 350 valence electrons. The van der Waals surface area contributed by atoms with Crippen LogP contribution in [0, 0.1) is 0 Å². The normalized spacial score (nSPS) is 10.4. The van der Waals surface area contributed by atoms with E-state index in [2.05, 4.69) is 463 Å². The van der Waals surface area contributed by atoms with Crippen LogP contribution in [0.1, 0.15) is 0 Å². The number of hydrogen-bond acceptors (Lipinski definition) is 8. The second-order valence-electron chi connectivity index (χ2n) is 14.6. The number of rotatable bonds is 33. The highest BCUT2D eigenvalue weighted by Gasteiger charge is 2.59. The lowest BCUT2D eigenvalue weighted by Crippen LogP contribution is -2.71. The Labute approximate surface area is 677 Å². The van der Waals surface area contributed by atoms with Crippen LogP contribution in [0.4, 0.5) is 0 Å². The van der Waals surface area contributed by atoms with Crippen LogP contribution in [-0.4, -0.2) is 224 Å². The maximum absolute atomic E-state index is 13.9. The van der Waals surface area contributed by atoms with Crippen LogP contribution in [0.2, 0.25) is 0 Å². The fraction of sp³-hybridized carbons (Fsp3) is 0.750. The van der Waals surface area contributed by atoms with Gasteiger partial charge in [-0.25, -0.2) is 0 Å². The van der Waals surface area contributed by atoms with Crippen LogP contribution in [-0.2, 0) is 23.9 Å². The van der Waals surface area contributed by atoms with Crippen molar-refractivity contribution in [1.29, 1.82) is 0 Å². The van der Waals surface area contributed by atoms with Gasteiger partial charge >= 0.3 is 0 Å². The van der Waals surface area contributed by atoms with Crippen molar-refractivity contribution < 1.29 is 39.2 Å². The zero-order valence-corrected chi connectivity index (χ0v) is 78.6. The van der Waals surface area contributed by atoms with Gasteiger partial charge in [0.2, 0.25) is 39.7 Å². The predicted molar refractivity (Wildman–Crippen MR) is 499 cm³/mol. The van der Waals surface area contributed by atoms with Gasteiger partial charge in [-0.3, -0.25) is 14.4 Å². The standard InChI is InChI=1S/C12H27B24I20N3O8/c1-66-5-3-57(10(63)7-60)33(27(49)19(41)17(39)15(13)37)29(51)23(45)21(43)25(47)31(53)35(55)59(12(65)9-62)36(56)32(54)26(48)22(44)24(46)30(52)34(28(50)20(42)18(40)16(14)38)58(4-6-67-2)11(64)8-61/h60-62H,3-9,13-14H2,1-2H3. The van der Waals surface area contributed by atoms with Crippen LogP contribution in [0.15, 0.2) is 0 Å². The topological polar surface area (TPSA) is 140 Å². The summed E-state index contributed by atoms with van der Waals surface area (Å²) in [4.78, 5) is 44.6. The highest BCUT2D eigenvalue weighted by atomic mass is 127. The first kappa shape index (κ1) is 81.4. The Morgan fingerprint density at radius 1 is 0.388 bits per heavy atom. The van der Waals surface area contributed by atoms with E-state index in [1.54, 1.807) is 14.2 Å². The molecule has 0 rings (SSSR count). The number of ether oxygens (including phenoxy) is 2. The molecule has 3 N–H and O–H groups in total. The number of aliphatic hydroxyl groups excluding tert-OH is 3. The van der Waals surface area contributed by atoms with E-state index in [4.69, 9.17) is 9.47 Å². The Kier molecular flexibility index (Phi) is 53.3. The van der Waals surface area contributed by atoms with E-state index < -0.39 is 19.8 Å². The molecule has 0 atom stereocenters. The van der Waals surface area contributed by atoms with E-state index in [-0.39, 0.29) is 101 Å². The molecular formula is C12H27B24I20N3O8. The zero-order valence-electron chi connectivity index (χ0n) is 35.4. The number of aliphatic hydroxyl groups is 3. The molecule has 67 heavy (non-hydrogen) atoms. The molecule has 0 aromatic heterocycles. The quantitative estimate of drug-likeness (QED) is 0.0661. The molecule has 0 saturated carbocycles. The van der Waals surface area contributed by atoms with E-state index in [1.807, 2.05) is 14.3 Å². The van der Waals surface area contributed by atoms with Gasteiger partial charge in [-0.2, -0.15) is 403 Å². The molecule has 55 heteroatoms. The van der Waals surface area contributed by atoms with Crippen LogP contribution < -0.4 is 0 Å². The number of amides is 3. The molecule has 0 bridgehead atoms. The van der Waals surface area contributed by atoms with Gasteiger partial charge < -0.3 is 39.1 Å².